The highest BCUT2D eigenvalue weighted by Gasteiger charge is 2.64. The molecule has 112 valence electrons. The molecule has 5 unspecified atom stereocenters. The van der Waals surface area contributed by atoms with Crippen LogP contribution in [0.3, 0.4) is 0 Å². The van der Waals surface area contributed by atoms with Crippen LogP contribution in [0.25, 0.3) is 0 Å². The third-order valence-corrected chi connectivity index (χ3v) is 6.06. The highest BCUT2D eigenvalue weighted by Crippen LogP contribution is 2.65. The summed E-state index contributed by atoms with van der Waals surface area (Å²) >= 11 is 0. The molecule has 2 bridgehead atoms. The molecule has 3 fully saturated rings. The van der Waals surface area contributed by atoms with E-state index in [1.807, 2.05) is 18.2 Å². The summed E-state index contributed by atoms with van der Waals surface area (Å²) in [5, 5.41) is 14.0. The van der Waals surface area contributed by atoms with Crippen LogP contribution in [0.15, 0.2) is 18.2 Å². The lowest BCUT2D eigenvalue weighted by Crippen LogP contribution is -2.27. The minimum Gasteiger partial charge on any atom is -0.454 e. The van der Waals surface area contributed by atoms with Gasteiger partial charge in [0.1, 0.15) is 0 Å². The molecule has 4 heteroatoms. The van der Waals surface area contributed by atoms with Gasteiger partial charge in [0.25, 0.3) is 0 Å². The van der Waals surface area contributed by atoms with Crippen LogP contribution < -0.4 is 14.8 Å². The van der Waals surface area contributed by atoms with Crippen molar-refractivity contribution in [3.05, 3.63) is 23.8 Å². The molecule has 1 aromatic rings. The van der Waals surface area contributed by atoms with Crippen molar-refractivity contribution >= 4 is 0 Å². The maximum atomic E-state index is 10.4. The normalized spacial score (nSPS) is 39.4. The van der Waals surface area contributed by atoms with Gasteiger partial charge in [0.15, 0.2) is 11.5 Å². The van der Waals surface area contributed by atoms with Gasteiger partial charge in [-0.15, -0.1) is 0 Å². The molecule has 0 aromatic heterocycles. The second kappa shape index (κ2) is 4.37. The maximum absolute atomic E-state index is 10.4. The Balaban J connectivity index is 1.22. The summed E-state index contributed by atoms with van der Waals surface area (Å²) in [4.78, 5) is 0. The molecule has 21 heavy (non-hydrogen) atoms. The van der Waals surface area contributed by atoms with E-state index in [1.165, 1.54) is 19.3 Å². The largest absolute Gasteiger partial charge is 0.454 e. The first kappa shape index (κ1) is 12.3. The Morgan fingerprint density at radius 1 is 1.14 bits per heavy atom. The van der Waals surface area contributed by atoms with Gasteiger partial charge in [0.2, 0.25) is 6.79 Å². The lowest BCUT2D eigenvalue weighted by atomic mass is 10.0. The number of ether oxygens (including phenoxy) is 2. The van der Waals surface area contributed by atoms with E-state index in [0.29, 0.717) is 12.6 Å². The van der Waals surface area contributed by atoms with E-state index in [0.717, 1.165) is 40.7 Å². The van der Waals surface area contributed by atoms with E-state index >= 15 is 0 Å². The van der Waals surface area contributed by atoms with Crippen LogP contribution in [0.4, 0.5) is 0 Å². The zero-order valence-corrected chi connectivity index (χ0v) is 12.0. The van der Waals surface area contributed by atoms with Crippen LogP contribution in [0.1, 0.15) is 30.9 Å². The van der Waals surface area contributed by atoms with Crippen molar-refractivity contribution in [2.75, 3.05) is 13.3 Å². The second-order valence-electron chi connectivity index (χ2n) is 7.05. The molecule has 4 nitrogen and oxygen atoms in total. The number of benzene rings is 1. The third kappa shape index (κ3) is 1.82. The number of aliphatic hydroxyl groups excluding tert-OH is 1. The van der Waals surface area contributed by atoms with Gasteiger partial charge in [-0.3, -0.25) is 0 Å². The fourth-order valence-corrected chi connectivity index (χ4v) is 5.08. The standard InChI is InChI=1S/C17H21NO3/c19-12(9-3-4-13-14(6-9)21-8-20-13)7-18-17-15-10-1-2-11(5-10)16(15)17/h3-4,6,10-12,15-19H,1-2,5,7-8H2. The van der Waals surface area contributed by atoms with E-state index < -0.39 is 6.10 Å². The predicted octanol–water partition coefficient (Wildman–Crippen LogP) is 2.08. The highest BCUT2D eigenvalue weighted by molar-refractivity contribution is 5.45. The van der Waals surface area contributed by atoms with E-state index in [1.54, 1.807) is 0 Å². The smallest absolute Gasteiger partial charge is 0.231 e. The van der Waals surface area contributed by atoms with Crippen molar-refractivity contribution in [2.45, 2.75) is 31.4 Å². The van der Waals surface area contributed by atoms with Crippen LogP contribution in [-0.2, 0) is 0 Å². The maximum Gasteiger partial charge on any atom is 0.231 e. The van der Waals surface area contributed by atoms with Gasteiger partial charge in [-0.1, -0.05) is 6.07 Å². The molecular weight excluding hydrogens is 266 g/mol. The number of aliphatic hydroxyl groups is 1. The van der Waals surface area contributed by atoms with Crippen molar-refractivity contribution < 1.29 is 14.6 Å². The third-order valence-electron chi connectivity index (χ3n) is 6.06. The topological polar surface area (TPSA) is 50.7 Å². The van der Waals surface area contributed by atoms with Crippen LogP contribution in [-0.4, -0.2) is 24.5 Å². The molecule has 3 saturated carbocycles. The molecule has 0 spiro atoms. The number of fused-ring (bicyclic) bond motifs is 6. The van der Waals surface area contributed by atoms with Gasteiger partial charge < -0.3 is 19.9 Å². The summed E-state index contributed by atoms with van der Waals surface area (Å²) < 4.78 is 10.7. The first-order chi connectivity index (χ1) is 10.3. The minimum atomic E-state index is -0.474. The number of nitrogens with one attached hydrogen (secondary N) is 1. The average Bonchev–Trinajstić information content (AvgIpc) is 2.92. The summed E-state index contributed by atoms with van der Waals surface area (Å²) in [7, 11) is 0. The molecule has 1 aliphatic heterocycles. The van der Waals surface area contributed by atoms with Crippen molar-refractivity contribution in [1.82, 2.24) is 5.32 Å². The Labute approximate surface area is 124 Å². The molecule has 3 aliphatic carbocycles. The number of hydrogen-bond donors (Lipinski definition) is 2. The van der Waals surface area contributed by atoms with Crippen LogP contribution in [0.5, 0.6) is 11.5 Å². The zero-order chi connectivity index (χ0) is 14.0. The summed E-state index contributed by atoms with van der Waals surface area (Å²) in [6, 6.07) is 6.37. The lowest BCUT2D eigenvalue weighted by Gasteiger charge is -2.15. The fourth-order valence-electron chi connectivity index (χ4n) is 5.08. The van der Waals surface area contributed by atoms with E-state index in [9.17, 15) is 5.11 Å². The van der Waals surface area contributed by atoms with Crippen molar-refractivity contribution in [1.29, 1.82) is 0 Å². The van der Waals surface area contributed by atoms with Crippen molar-refractivity contribution in [3.8, 4) is 11.5 Å². The molecule has 1 aromatic carbocycles. The molecule has 5 atom stereocenters. The summed E-state index contributed by atoms with van der Waals surface area (Å²) in [5.74, 6) is 5.28. The zero-order valence-electron chi connectivity index (χ0n) is 12.0. The lowest BCUT2D eigenvalue weighted by molar-refractivity contribution is 0.168. The Morgan fingerprint density at radius 3 is 2.71 bits per heavy atom. The SMILES string of the molecule is OC(CNC1C2C3CCC(C3)C12)c1ccc2c(c1)OCO2. The Morgan fingerprint density at radius 2 is 1.90 bits per heavy atom. The highest BCUT2D eigenvalue weighted by atomic mass is 16.7. The number of rotatable bonds is 4. The average molecular weight is 287 g/mol. The van der Waals surface area contributed by atoms with Crippen molar-refractivity contribution in [3.63, 3.8) is 0 Å². The first-order valence-electron chi connectivity index (χ1n) is 8.12. The number of hydrogen-bond acceptors (Lipinski definition) is 4. The molecular formula is C17H21NO3. The van der Waals surface area contributed by atoms with E-state index in [4.69, 9.17) is 9.47 Å². The van der Waals surface area contributed by atoms with Crippen molar-refractivity contribution in [2.24, 2.45) is 23.7 Å². The van der Waals surface area contributed by atoms with Gasteiger partial charge >= 0.3 is 0 Å². The van der Waals surface area contributed by atoms with Gasteiger partial charge in [0, 0.05) is 12.6 Å². The fraction of sp³-hybridized carbons (Fsp3) is 0.647. The Hall–Kier alpha value is -1.26. The molecule has 5 rings (SSSR count). The summed E-state index contributed by atoms with van der Waals surface area (Å²) in [6.45, 7) is 0.915. The van der Waals surface area contributed by atoms with Gasteiger partial charge in [-0.25, -0.2) is 0 Å². The van der Waals surface area contributed by atoms with Crippen LogP contribution in [0, 0.1) is 23.7 Å². The quantitative estimate of drug-likeness (QED) is 0.890. The van der Waals surface area contributed by atoms with Gasteiger partial charge in [-0.2, -0.15) is 0 Å². The summed E-state index contributed by atoms with van der Waals surface area (Å²) in [6.07, 6.45) is 3.88. The Bertz CT molecular complexity index is 559. The second-order valence-corrected chi connectivity index (χ2v) is 7.05. The molecule has 2 N–H and O–H groups in total. The first-order valence-corrected chi connectivity index (χ1v) is 8.12. The van der Waals surface area contributed by atoms with E-state index in [-0.39, 0.29) is 6.79 Å². The Kier molecular flexibility index (Phi) is 2.56. The molecule has 1 heterocycles. The molecule has 0 amide bonds. The van der Waals surface area contributed by atoms with Crippen LogP contribution in [0.2, 0.25) is 0 Å². The minimum absolute atomic E-state index is 0.279. The van der Waals surface area contributed by atoms with E-state index in [2.05, 4.69) is 5.32 Å². The summed E-state index contributed by atoms with van der Waals surface area (Å²) in [5.41, 5.74) is 0.903. The van der Waals surface area contributed by atoms with Crippen LogP contribution >= 0.6 is 0 Å². The molecule has 0 saturated heterocycles. The van der Waals surface area contributed by atoms with Gasteiger partial charge in [-0.05, 0) is 60.6 Å². The van der Waals surface area contributed by atoms with Gasteiger partial charge in [0.05, 0.1) is 6.10 Å². The molecule has 0 radical (unpaired) electrons. The predicted molar refractivity (Wildman–Crippen MR) is 77.1 cm³/mol. The monoisotopic (exact) mass is 287 g/mol. The molecule has 4 aliphatic rings.